The number of nitrogens with zero attached hydrogens (tertiary/aromatic N) is 1. The van der Waals surface area contributed by atoms with Gasteiger partial charge in [-0.2, -0.15) is 4.72 Å². The Morgan fingerprint density at radius 1 is 1.08 bits per heavy atom. The molecule has 138 valence electrons. The number of carbonyl (C=O) groups is 1. The van der Waals surface area contributed by atoms with Crippen LogP contribution in [0.2, 0.25) is 0 Å². The maximum absolute atomic E-state index is 12.7. The van der Waals surface area contributed by atoms with Crippen LogP contribution in [0, 0.1) is 13.8 Å². The molecule has 6 heteroatoms. The van der Waals surface area contributed by atoms with Crippen molar-refractivity contribution in [1.82, 2.24) is 9.62 Å². The van der Waals surface area contributed by atoms with E-state index >= 15 is 0 Å². The number of sulfonamides is 1. The summed E-state index contributed by atoms with van der Waals surface area (Å²) in [6.07, 6.45) is 0.790. The van der Waals surface area contributed by atoms with Crippen molar-refractivity contribution in [2.24, 2.45) is 0 Å². The van der Waals surface area contributed by atoms with Gasteiger partial charge in [0.1, 0.15) is 0 Å². The highest BCUT2D eigenvalue weighted by Crippen LogP contribution is 2.20. The summed E-state index contributed by atoms with van der Waals surface area (Å²) in [5.74, 6) is -0.202. The van der Waals surface area contributed by atoms with Crippen molar-refractivity contribution in [2.45, 2.75) is 44.7 Å². The van der Waals surface area contributed by atoms with Crippen molar-refractivity contribution >= 4 is 15.9 Å². The van der Waals surface area contributed by atoms with Crippen molar-refractivity contribution in [1.29, 1.82) is 0 Å². The fourth-order valence-corrected chi connectivity index (χ4v) is 4.47. The fraction of sp³-hybridized carbons (Fsp3) is 0.350. The third-order valence-electron chi connectivity index (χ3n) is 4.93. The van der Waals surface area contributed by atoms with Crippen molar-refractivity contribution < 1.29 is 13.2 Å². The quantitative estimate of drug-likeness (QED) is 0.897. The Balaban J connectivity index is 1.72. The highest BCUT2D eigenvalue weighted by atomic mass is 32.2. The molecule has 2 aromatic rings. The average molecular weight is 372 g/mol. The average Bonchev–Trinajstić information content (AvgIpc) is 2.62. The summed E-state index contributed by atoms with van der Waals surface area (Å²) in [5.41, 5.74) is 4.30. The molecule has 0 aliphatic carbocycles. The zero-order chi connectivity index (χ0) is 18.9. The fourth-order valence-electron chi connectivity index (χ4n) is 3.19. The van der Waals surface area contributed by atoms with E-state index in [1.807, 2.05) is 32.0 Å². The van der Waals surface area contributed by atoms with Crippen LogP contribution in [0.15, 0.2) is 47.4 Å². The second-order valence-electron chi connectivity index (χ2n) is 6.87. The molecule has 0 radical (unpaired) electrons. The first-order valence-electron chi connectivity index (χ1n) is 8.73. The van der Waals surface area contributed by atoms with E-state index in [4.69, 9.17) is 0 Å². The largest absolute Gasteiger partial charge is 0.337 e. The van der Waals surface area contributed by atoms with Crippen LogP contribution in [0.4, 0.5) is 0 Å². The highest BCUT2D eigenvalue weighted by Gasteiger charge is 2.28. The van der Waals surface area contributed by atoms with Gasteiger partial charge >= 0.3 is 0 Å². The van der Waals surface area contributed by atoms with Crippen LogP contribution in [0.25, 0.3) is 0 Å². The molecule has 0 unspecified atom stereocenters. The number of nitrogens with one attached hydrogen (secondary N) is 1. The first kappa shape index (κ1) is 18.6. The molecule has 0 fully saturated rings. The number of hydrogen-bond acceptors (Lipinski definition) is 3. The van der Waals surface area contributed by atoms with Crippen LogP contribution < -0.4 is 4.72 Å². The lowest BCUT2D eigenvalue weighted by Crippen LogP contribution is -2.48. The number of benzene rings is 2. The molecule has 5 nitrogen and oxygen atoms in total. The van der Waals surface area contributed by atoms with Gasteiger partial charge in [-0.3, -0.25) is 4.79 Å². The monoisotopic (exact) mass is 372 g/mol. The second-order valence-corrected chi connectivity index (χ2v) is 8.58. The molecule has 1 atom stereocenters. The van der Waals surface area contributed by atoms with Gasteiger partial charge in [-0.15, -0.1) is 0 Å². The summed E-state index contributed by atoms with van der Waals surface area (Å²) >= 11 is 0. The van der Waals surface area contributed by atoms with E-state index in [0.29, 0.717) is 13.1 Å². The Hall–Kier alpha value is -2.18. The molecule has 3 rings (SSSR count). The van der Waals surface area contributed by atoms with Gasteiger partial charge in [0.2, 0.25) is 15.9 Å². The van der Waals surface area contributed by atoms with E-state index in [1.54, 1.807) is 30.0 Å². The van der Waals surface area contributed by atoms with Gasteiger partial charge in [-0.05, 0) is 61.6 Å². The molecule has 1 aliphatic heterocycles. The van der Waals surface area contributed by atoms with E-state index in [-0.39, 0.29) is 10.8 Å². The number of amides is 1. The standard InChI is InChI=1S/C20H24N2O3S/c1-14-8-9-19(12-15(14)2)26(24,25)21-16(3)20(23)22-11-10-17-6-4-5-7-18(17)13-22/h4-9,12,16,21H,10-11,13H2,1-3H3/t16-/m0/s1. The van der Waals surface area contributed by atoms with Crippen LogP contribution in [-0.4, -0.2) is 31.8 Å². The van der Waals surface area contributed by atoms with E-state index < -0.39 is 16.1 Å². The zero-order valence-corrected chi connectivity index (χ0v) is 16.1. The van der Waals surface area contributed by atoms with E-state index in [0.717, 1.165) is 23.1 Å². The van der Waals surface area contributed by atoms with Gasteiger partial charge in [0.15, 0.2) is 0 Å². The number of fused-ring (bicyclic) bond motifs is 1. The zero-order valence-electron chi connectivity index (χ0n) is 15.3. The molecular formula is C20H24N2O3S. The normalized spacial score (nSPS) is 15.4. The molecule has 0 spiro atoms. The Morgan fingerprint density at radius 3 is 2.46 bits per heavy atom. The van der Waals surface area contributed by atoms with Crippen molar-refractivity contribution in [2.75, 3.05) is 6.54 Å². The Morgan fingerprint density at radius 2 is 1.77 bits per heavy atom. The SMILES string of the molecule is Cc1ccc(S(=O)(=O)N[C@@H](C)C(=O)N2CCc3ccccc3C2)cc1C. The molecule has 1 amide bonds. The van der Waals surface area contributed by atoms with Crippen LogP contribution >= 0.6 is 0 Å². The van der Waals surface area contributed by atoms with Gasteiger partial charge in [0, 0.05) is 13.1 Å². The maximum atomic E-state index is 12.7. The van der Waals surface area contributed by atoms with E-state index in [9.17, 15) is 13.2 Å². The summed E-state index contributed by atoms with van der Waals surface area (Å²) in [5, 5.41) is 0. The maximum Gasteiger partial charge on any atom is 0.241 e. The number of hydrogen-bond donors (Lipinski definition) is 1. The van der Waals surface area contributed by atoms with Crippen LogP contribution in [-0.2, 0) is 27.8 Å². The minimum absolute atomic E-state index is 0.184. The molecule has 0 saturated carbocycles. The van der Waals surface area contributed by atoms with Crippen molar-refractivity contribution in [3.05, 3.63) is 64.7 Å². The summed E-state index contributed by atoms with van der Waals surface area (Å²) in [4.78, 5) is 14.6. The number of aryl methyl sites for hydroxylation is 2. The molecule has 0 aromatic heterocycles. The van der Waals surface area contributed by atoms with E-state index in [2.05, 4.69) is 10.8 Å². The first-order valence-corrected chi connectivity index (χ1v) is 10.2. The molecule has 26 heavy (non-hydrogen) atoms. The minimum atomic E-state index is -3.74. The lowest BCUT2D eigenvalue weighted by molar-refractivity contribution is -0.133. The molecule has 0 bridgehead atoms. The summed E-state index contributed by atoms with van der Waals surface area (Å²) in [6, 6.07) is 12.2. The van der Waals surface area contributed by atoms with Crippen molar-refractivity contribution in [3.63, 3.8) is 0 Å². The molecule has 1 aliphatic rings. The predicted molar refractivity (Wildman–Crippen MR) is 101 cm³/mol. The first-order chi connectivity index (χ1) is 12.3. The van der Waals surface area contributed by atoms with Gasteiger partial charge in [-0.25, -0.2) is 8.42 Å². The van der Waals surface area contributed by atoms with E-state index in [1.165, 1.54) is 5.56 Å². The Bertz CT molecular complexity index is 938. The van der Waals surface area contributed by atoms with Gasteiger partial charge in [-0.1, -0.05) is 30.3 Å². The topological polar surface area (TPSA) is 66.5 Å². The molecular weight excluding hydrogens is 348 g/mol. The third kappa shape index (κ3) is 3.81. The summed E-state index contributed by atoms with van der Waals surface area (Å²) in [6.45, 7) is 6.52. The third-order valence-corrected chi connectivity index (χ3v) is 6.47. The lowest BCUT2D eigenvalue weighted by Gasteiger charge is -2.31. The Kier molecular flexibility index (Phi) is 5.16. The molecule has 2 aromatic carbocycles. The van der Waals surface area contributed by atoms with Crippen molar-refractivity contribution in [3.8, 4) is 0 Å². The molecule has 0 saturated heterocycles. The van der Waals surface area contributed by atoms with Gasteiger partial charge in [0.25, 0.3) is 0 Å². The molecule has 1 N–H and O–H groups in total. The van der Waals surface area contributed by atoms with Gasteiger partial charge < -0.3 is 4.90 Å². The van der Waals surface area contributed by atoms with Crippen LogP contribution in [0.5, 0.6) is 0 Å². The predicted octanol–water partition coefficient (Wildman–Crippen LogP) is 2.56. The summed E-state index contributed by atoms with van der Waals surface area (Å²) in [7, 11) is -3.74. The summed E-state index contributed by atoms with van der Waals surface area (Å²) < 4.78 is 27.7. The molecule has 1 heterocycles. The van der Waals surface area contributed by atoms with Crippen LogP contribution in [0.3, 0.4) is 0 Å². The number of rotatable bonds is 4. The number of carbonyl (C=O) groups excluding carboxylic acids is 1. The smallest absolute Gasteiger partial charge is 0.241 e. The van der Waals surface area contributed by atoms with Crippen LogP contribution in [0.1, 0.15) is 29.2 Å². The highest BCUT2D eigenvalue weighted by molar-refractivity contribution is 7.89. The second kappa shape index (κ2) is 7.21. The van der Waals surface area contributed by atoms with Gasteiger partial charge in [0.05, 0.1) is 10.9 Å². The lowest BCUT2D eigenvalue weighted by atomic mass is 9.99. The Labute approximate surface area is 155 Å². The minimum Gasteiger partial charge on any atom is -0.337 e.